The zero-order valence-corrected chi connectivity index (χ0v) is 10.7. The number of nitrogens with two attached hydrogens (primary N) is 1. The number of hydrogen-bond acceptors (Lipinski definition) is 4. The lowest BCUT2D eigenvalue weighted by Crippen LogP contribution is -2.31. The highest BCUT2D eigenvalue weighted by Gasteiger charge is 2.19. The average molecular weight is 239 g/mol. The molecular formula is C13H21NO3. The smallest absolute Gasteiger partial charge is 0.124 e. The van der Waals surface area contributed by atoms with Gasteiger partial charge in [-0.3, -0.25) is 0 Å². The lowest BCUT2D eigenvalue weighted by Gasteiger charge is -2.22. The third kappa shape index (κ3) is 3.91. The average Bonchev–Trinajstić information content (AvgIpc) is 2.36. The summed E-state index contributed by atoms with van der Waals surface area (Å²) in [6, 6.07) is 5.47. The highest BCUT2D eigenvalue weighted by molar-refractivity contribution is 5.40. The maximum absolute atomic E-state index is 9.87. The topological polar surface area (TPSA) is 64.7 Å². The van der Waals surface area contributed by atoms with Gasteiger partial charge in [0.15, 0.2) is 0 Å². The molecule has 0 spiro atoms. The van der Waals surface area contributed by atoms with E-state index in [0.717, 1.165) is 11.3 Å². The predicted molar refractivity (Wildman–Crippen MR) is 67.3 cm³/mol. The SMILES string of the molecule is CCC(C)(O)COc1ccc(OC)cc1CN. The van der Waals surface area contributed by atoms with Gasteiger partial charge in [0.25, 0.3) is 0 Å². The summed E-state index contributed by atoms with van der Waals surface area (Å²) in [5, 5.41) is 9.87. The summed E-state index contributed by atoms with van der Waals surface area (Å²) in [5.74, 6) is 1.45. The first-order chi connectivity index (χ1) is 8.02. The van der Waals surface area contributed by atoms with Gasteiger partial charge in [0.1, 0.15) is 18.1 Å². The molecule has 0 aliphatic carbocycles. The van der Waals surface area contributed by atoms with E-state index in [1.165, 1.54) is 0 Å². The number of ether oxygens (including phenoxy) is 2. The van der Waals surface area contributed by atoms with E-state index in [1.807, 2.05) is 25.1 Å². The van der Waals surface area contributed by atoms with Gasteiger partial charge in [0, 0.05) is 12.1 Å². The Kier molecular flexibility index (Phi) is 4.78. The van der Waals surface area contributed by atoms with Crippen LogP contribution in [0, 0.1) is 0 Å². The molecule has 1 unspecified atom stereocenters. The maximum atomic E-state index is 9.87. The van der Waals surface area contributed by atoms with Gasteiger partial charge in [-0.05, 0) is 31.5 Å². The highest BCUT2D eigenvalue weighted by Crippen LogP contribution is 2.24. The monoisotopic (exact) mass is 239 g/mol. The summed E-state index contributed by atoms with van der Waals surface area (Å²) >= 11 is 0. The van der Waals surface area contributed by atoms with Crippen LogP contribution in [-0.4, -0.2) is 24.4 Å². The summed E-state index contributed by atoms with van der Waals surface area (Å²) in [4.78, 5) is 0. The first-order valence-electron chi connectivity index (χ1n) is 5.74. The number of methoxy groups -OCH3 is 1. The Morgan fingerprint density at radius 2 is 2.12 bits per heavy atom. The van der Waals surface area contributed by atoms with Crippen LogP contribution in [0.1, 0.15) is 25.8 Å². The fraction of sp³-hybridized carbons (Fsp3) is 0.538. The summed E-state index contributed by atoms with van der Waals surface area (Å²) in [6.07, 6.45) is 0.640. The molecule has 0 amide bonds. The zero-order valence-electron chi connectivity index (χ0n) is 10.7. The Labute approximate surface area is 102 Å². The third-order valence-corrected chi connectivity index (χ3v) is 2.79. The van der Waals surface area contributed by atoms with Crippen LogP contribution in [0.5, 0.6) is 11.5 Å². The normalized spacial score (nSPS) is 14.2. The second-order valence-electron chi connectivity index (χ2n) is 4.32. The summed E-state index contributed by atoms with van der Waals surface area (Å²) in [6.45, 7) is 4.30. The van der Waals surface area contributed by atoms with Crippen LogP contribution in [0.25, 0.3) is 0 Å². The van der Waals surface area contributed by atoms with Crippen molar-refractivity contribution in [1.82, 2.24) is 0 Å². The van der Waals surface area contributed by atoms with E-state index < -0.39 is 5.60 Å². The van der Waals surface area contributed by atoms with Crippen LogP contribution in [0.3, 0.4) is 0 Å². The summed E-state index contributed by atoms with van der Waals surface area (Å²) in [5.41, 5.74) is 5.71. The van der Waals surface area contributed by atoms with Crippen LogP contribution < -0.4 is 15.2 Å². The van der Waals surface area contributed by atoms with Crippen molar-refractivity contribution in [3.05, 3.63) is 23.8 Å². The van der Waals surface area contributed by atoms with Gasteiger partial charge < -0.3 is 20.3 Å². The first kappa shape index (κ1) is 13.8. The highest BCUT2D eigenvalue weighted by atomic mass is 16.5. The molecule has 1 atom stereocenters. The molecule has 0 aliphatic rings. The van der Waals surface area contributed by atoms with Gasteiger partial charge in [0.05, 0.1) is 12.7 Å². The minimum atomic E-state index is -0.814. The molecule has 0 fully saturated rings. The van der Waals surface area contributed by atoms with Crippen molar-refractivity contribution in [3.63, 3.8) is 0 Å². The van der Waals surface area contributed by atoms with Gasteiger partial charge >= 0.3 is 0 Å². The van der Waals surface area contributed by atoms with Crippen LogP contribution in [-0.2, 0) is 6.54 Å². The molecule has 0 radical (unpaired) electrons. The molecule has 0 heterocycles. The molecule has 1 aromatic carbocycles. The predicted octanol–water partition coefficient (Wildman–Crippen LogP) is 1.69. The lowest BCUT2D eigenvalue weighted by atomic mass is 10.1. The minimum absolute atomic E-state index is 0.253. The summed E-state index contributed by atoms with van der Waals surface area (Å²) < 4.78 is 10.7. The number of hydrogen-bond donors (Lipinski definition) is 2. The maximum Gasteiger partial charge on any atom is 0.124 e. The van der Waals surface area contributed by atoms with Crippen molar-refractivity contribution in [1.29, 1.82) is 0 Å². The minimum Gasteiger partial charge on any atom is -0.497 e. The molecule has 96 valence electrons. The van der Waals surface area contributed by atoms with Gasteiger partial charge in [-0.1, -0.05) is 6.92 Å². The van der Waals surface area contributed by atoms with Gasteiger partial charge in [0.2, 0.25) is 0 Å². The molecule has 1 rings (SSSR count). The van der Waals surface area contributed by atoms with E-state index in [1.54, 1.807) is 14.0 Å². The molecule has 1 aromatic rings. The van der Waals surface area contributed by atoms with Crippen molar-refractivity contribution in [2.24, 2.45) is 5.73 Å². The Morgan fingerprint density at radius 1 is 1.41 bits per heavy atom. The molecule has 0 saturated heterocycles. The van der Waals surface area contributed by atoms with Crippen molar-refractivity contribution in [2.75, 3.05) is 13.7 Å². The van der Waals surface area contributed by atoms with Crippen LogP contribution in [0.15, 0.2) is 18.2 Å². The Hall–Kier alpha value is -1.26. The van der Waals surface area contributed by atoms with Gasteiger partial charge in [-0.25, -0.2) is 0 Å². The van der Waals surface area contributed by atoms with Crippen molar-refractivity contribution in [3.8, 4) is 11.5 Å². The Bertz CT molecular complexity index is 364. The quantitative estimate of drug-likeness (QED) is 0.793. The Balaban J connectivity index is 2.77. The van der Waals surface area contributed by atoms with E-state index in [9.17, 15) is 5.11 Å². The number of rotatable bonds is 6. The third-order valence-electron chi connectivity index (χ3n) is 2.79. The lowest BCUT2D eigenvalue weighted by molar-refractivity contribution is 0.00818. The fourth-order valence-electron chi connectivity index (χ4n) is 1.32. The second-order valence-corrected chi connectivity index (χ2v) is 4.32. The summed E-state index contributed by atoms with van der Waals surface area (Å²) in [7, 11) is 1.61. The molecule has 3 N–H and O–H groups in total. The molecular weight excluding hydrogens is 218 g/mol. The van der Waals surface area contributed by atoms with Crippen molar-refractivity contribution in [2.45, 2.75) is 32.4 Å². The molecule has 4 heteroatoms. The van der Waals surface area contributed by atoms with E-state index in [-0.39, 0.29) is 6.61 Å². The molecule has 0 saturated carbocycles. The van der Waals surface area contributed by atoms with Gasteiger partial charge in [-0.2, -0.15) is 0 Å². The van der Waals surface area contributed by atoms with E-state index in [2.05, 4.69) is 0 Å². The number of benzene rings is 1. The van der Waals surface area contributed by atoms with Crippen molar-refractivity contribution < 1.29 is 14.6 Å². The zero-order chi connectivity index (χ0) is 12.9. The van der Waals surface area contributed by atoms with Gasteiger partial charge in [-0.15, -0.1) is 0 Å². The molecule has 4 nitrogen and oxygen atoms in total. The largest absolute Gasteiger partial charge is 0.497 e. The second kappa shape index (κ2) is 5.89. The molecule has 17 heavy (non-hydrogen) atoms. The first-order valence-corrected chi connectivity index (χ1v) is 5.74. The van der Waals surface area contributed by atoms with E-state index >= 15 is 0 Å². The molecule has 0 aromatic heterocycles. The van der Waals surface area contributed by atoms with Crippen LogP contribution >= 0.6 is 0 Å². The standard InChI is InChI=1S/C13H21NO3/c1-4-13(2,15)9-17-12-6-5-11(16-3)7-10(12)8-14/h5-7,15H,4,8-9,14H2,1-3H3. The Morgan fingerprint density at radius 3 is 2.65 bits per heavy atom. The molecule has 0 aliphatic heterocycles. The number of aliphatic hydroxyl groups is 1. The molecule has 0 bridgehead atoms. The van der Waals surface area contributed by atoms with E-state index in [0.29, 0.717) is 18.7 Å². The fourth-order valence-corrected chi connectivity index (χ4v) is 1.32. The van der Waals surface area contributed by atoms with Crippen LogP contribution in [0.4, 0.5) is 0 Å². The van der Waals surface area contributed by atoms with Crippen molar-refractivity contribution >= 4 is 0 Å². The van der Waals surface area contributed by atoms with Crippen LogP contribution in [0.2, 0.25) is 0 Å². The van der Waals surface area contributed by atoms with E-state index in [4.69, 9.17) is 15.2 Å².